The predicted octanol–water partition coefficient (Wildman–Crippen LogP) is 3.70. The molecule has 1 aromatic carbocycles. The van der Waals surface area contributed by atoms with Crippen LogP contribution in [0.1, 0.15) is 49.0 Å². The zero-order chi connectivity index (χ0) is 20.2. The molecule has 1 N–H and O–H groups in total. The van der Waals surface area contributed by atoms with Gasteiger partial charge in [-0.15, -0.1) is 0 Å². The maximum atomic E-state index is 12.6. The van der Waals surface area contributed by atoms with Crippen LogP contribution in [0.5, 0.6) is 0 Å². The number of carbonyl (C=O) groups excluding carboxylic acids is 2. The minimum absolute atomic E-state index is 0.0274. The van der Waals surface area contributed by atoms with E-state index in [2.05, 4.69) is 12.2 Å². The maximum Gasteiger partial charge on any atom is 0.416 e. The molecule has 0 aromatic heterocycles. The van der Waals surface area contributed by atoms with E-state index in [1.807, 2.05) is 6.07 Å². The molecule has 8 heteroatoms. The molecule has 146 valence electrons. The average molecular weight is 382 g/mol. The van der Waals surface area contributed by atoms with Crippen LogP contribution in [0, 0.1) is 23.2 Å². The molecule has 1 amide bonds. The molecular weight excluding hydrogens is 361 g/mol. The lowest BCUT2D eigenvalue weighted by molar-refractivity contribution is -0.149. The Hall–Kier alpha value is -2.56. The lowest BCUT2D eigenvalue weighted by Crippen LogP contribution is -2.49. The van der Waals surface area contributed by atoms with Crippen molar-refractivity contribution in [1.82, 2.24) is 5.32 Å². The second-order valence-corrected chi connectivity index (χ2v) is 7.20. The number of nitrogens with one attached hydrogen (secondary N) is 1. The van der Waals surface area contributed by atoms with Crippen LogP contribution in [0.3, 0.4) is 0 Å². The number of nitriles is 1. The second kappa shape index (κ2) is 7.99. The predicted molar refractivity (Wildman–Crippen MR) is 90.4 cm³/mol. The van der Waals surface area contributed by atoms with Crippen LogP contribution < -0.4 is 5.32 Å². The zero-order valence-corrected chi connectivity index (χ0v) is 15.1. The van der Waals surface area contributed by atoms with Crippen molar-refractivity contribution in [3.05, 3.63) is 35.4 Å². The molecule has 0 spiro atoms. The number of rotatable bonds is 5. The normalized spacial score (nSPS) is 21.8. The molecule has 3 atom stereocenters. The molecule has 0 saturated heterocycles. The molecule has 0 radical (unpaired) electrons. The summed E-state index contributed by atoms with van der Waals surface area (Å²) >= 11 is 0. The topological polar surface area (TPSA) is 79.2 Å². The smallest absolute Gasteiger partial charge is 0.416 e. The van der Waals surface area contributed by atoms with E-state index in [0.29, 0.717) is 5.92 Å². The minimum atomic E-state index is -4.50. The highest BCUT2D eigenvalue weighted by Gasteiger charge is 2.34. The van der Waals surface area contributed by atoms with E-state index in [1.165, 1.54) is 6.92 Å². The second-order valence-electron chi connectivity index (χ2n) is 7.20. The van der Waals surface area contributed by atoms with Gasteiger partial charge in [0.2, 0.25) is 0 Å². The van der Waals surface area contributed by atoms with Gasteiger partial charge >= 0.3 is 12.1 Å². The van der Waals surface area contributed by atoms with Crippen LogP contribution in [0.2, 0.25) is 0 Å². The van der Waals surface area contributed by atoms with E-state index in [0.717, 1.165) is 43.5 Å². The summed E-state index contributed by atoms with van der Waals surface area (Å²) < 4.78 is 43.0. The van der Waals surface area contributed by atoms with Gasteiger partial charge in [0.1, 0.15) is 6.61 Å². The summed E-state index contributed by atoms with van der Waals surface area (Å²) in [6.45, 7) is 3.11. The number of halogens is 3. The molecule has 5 nitrogen and oxygen atoms in total. The Morgan fingerprint density at radius 2 is 1.89 bits per heavy atom. The summed E-state index contributed by atoms with van der Waals surface area (Å²) in [6.07, 6.45) is -2.08. The van der Waals surface area contributed by atoms with Gasteiger partial charge in [0.05, 0.1) is 17.6 Å². The molecule has 2 rings (SSSR count). The van der Waals surface area contributed by atoms with Crippen molar-refractivity contribution in [2.24, 2.45) is 11.8 Å². The highest BCUT2D eigenvalue weighted by molar-refractivity contribution is 5.95. The molecular formula is C19H21F3N2O3. The van der Waals surface area contributed by atoms with Gasteiger partial charge in [-0.2, -0.15) is 18.4 Å². The molecule has 1 aliphatic carbocycles. The highest BCUT2D eigenvalue weighted by atomic mass is 19.4. The van der Waals surface area contributed by atoms with Crippen LogP contribution in [-0.2, 0) is 15.7 Å². The quantitative estimate of drug-likeness (QED) is 0.788. The van der Waals surface area contributed by atoms with Gasteiger partial charge in [-0.25, -0.2) is 0 Å². The van der Waals surface area contributed by atoms with Crippen LogP contribution in [0.15, 0.2) is 24.3 Å². The number of esters is 1. The first-order valence-electron chi connectivity index (χ1n) is 8.62. The fraction of sp³-hybridized carbons (Fsp3) is 0.526. The first kappa shape index (κ1) is 20.7. The van der Waals surface area contributed by atoms with Gasteiger partial charge in [-0.05, 0) is 56.4 Å². The molecule has 1 aliphatic rings. The van der Waals surface area contributed by atoms with E-state index < -0.39 is 29.2 Å². The SMILES string of the molecule is C[C@H]1CCC(C(=O)OCC(C)(C#N)NC(=O)c2ccc(C(F)(F)F)cc2)C1. The van der Waals surface area contributed by atoms with Crippen LogP contribution in [0.25, 0.3) is 0 Å². The third-order valence-corrected chi connectivity index (χ3v) is 4.64. The van der Waals surface area contributed by atoms with Gasteiger partial charge in [0, 0.05) is 5.56 Å². The third kappa shape index (κ3) is 5.46. The van der Waals surface area contributed by atoms with Crippen molar-refractivity contribution in [3.8, 4) is 6.07 Å². The largest absolute Gasteiger partial charge is 0.462 e. The van der Waals surface area contributed by atoms with E-state index in [1.54, 1.807) is 0 Å². The van der Waals surface area contributed by atoms with Gasteiger partial charge in [-0.3, -0.25) is 9.59 Å². The summed E-state index contributed by atoms with van der Waals surface area (Å²) in [5.41, 5.74) is -2.39. The molecule has 0 aliphatic heterocycles. The highest BCUT2D eigenvalue weighted by Crippen LogP contribution is 2.31. The first-order valence-corrected chi connectivity index (χ1v) is 8.62. The summed E-state index contributed by atoms with van der Waals surface area (Å²) in [6, 6.07) is 5.52. The molecule has 1 fully saturated rings. The standard InChI is InChI=1S/C19H21F3N2O3/c1-12-3-4-14(9-12)17(26)27-11-18(2,10-23)24-16(25)13-5-7-15(8-6-13)19(20,21)22/h5-8,12,14H,3-4,9,11H2,1-2H3,(H,24,25)/t12-,14?,18?/m0/s1. The first-order chi connectivity index (χ1) is 12.5. The average Bonchev–Trinajstić information content (AvgIpc) is 3.05. The third-order valence-electron chi connectivity index (χ3n) is 4.64. The Labute approximate surface area is 155 Å². The molecule has 1 aromatic rings. The molecule has 0 bridgehead atoms. The minimum Gasteiger partial charge on any atom is -0.462 e. The lowest BCUT2D eigenvalue weighted by atomic mass is 10.0. The number of hydrogen-bond donors (Lipinski definition) is 1. The number of amides is 1. The Morgan fingerprint density at radius 1 is 1.26 bits per heavy atom. The van der Waals surface area contributed by atoms with E-state index in [9.17, 15) is 28.0 Å². The van der Waals surface area contributed by atoms with Gasteiger partial charge < -0.3 is 10.1 Å². The summed E-state index contributed by atoms with van der Waals surface area (Å²) in [4.78, 5) is 24.3. The summed E-state index contributed by atoms with van der Waals surface area (Å²) in [5.74, 6) is -0.874. The fourth-order valence-electron chi connectivity index (χ4n) is 2.98. The van der Waals surface area contributed by atoms with Crippen molar-refractivity contribution < 1.29 is 27.5 Å². The zero-order valence-electron chi connectivity index (χ0n) is 15.1. The van der Waals surface area contributed by atoms with Crippen LogP contribution >= 0.6 is 0 Å². The van der Waals surface area contributed by atoms with Crippen LogP contribution in [0.4, 0.5) is 13.2 Å². The molecule has 1 saturated carbocycles. The number of hydrogen-bond acceptors (Lipinski definition) is 4. The van der Waals surface area contributed by atoms with Gasteiger partial charge in [-0.1, -0.05) is 6.92 Å². The Morgan fingerprint density at radius 3 is 2.37 bits per heavy atom. The Kier molecular flexibility index (Phi) is 6.14. The van der Waals surface area contributed by atoms with Crippen molar-refractivity contribution in [1.29, 1.82) is 5.26 Å². The van der Waals surface area contributed by atoms with Crippen LogP contribution in [-0.4, -0.2) is 24.0 Å². The Balaban J connectivity index is 1.97. The maximum absolute atomic E-state index is 12.6. The van der Waals surface area contributed by atoms with E-state index >= 15 is 0 Å². The van der Waals surface area contributed by atoms with Crippen molar-refractivity contribution >= 4 is 11.9 Å². The van der Waals surface area contributed by atoms with Crippen molar-refractivity contribution in [3.63, 3.8) is 0 Å². The number of ether oxygens (including phenoxy) is 1. The number of alkyl halides is 3. The van der Waals surface area contributed by atoms with Gasteiger partial charge in [0.25, 0.3) is 5.91 Å². The molecule has 0 heterocycles. The van der Waals surface area contributed by atoms with Gasteiger partial charge in [0.15, 0.2) is 5.54 Å². The summed E-state index contributed by atoms with van der Waals surface area (Å²) in [7, 11) is 0. The van der Waals surface area contributed by atoms with Crippen molar-refractivity contribution in [2.45, 2.75) is 44.8 Å². The summed E-state index contributed by atoms with van der Waals surface area (Å²) in [5, 5.41) is 11.8. The van der Waals surface area contributed by atoms with E-state index in [4.69, 9.17) is 4.74 Å². The van der Waals surface area contributed by atoms with Crippen molar-refractivity contribution in [2.75, 3.05) is 6.61 Å². The fourth-order valence-corrected chi connectivity index (χ4v) is 2.98. The monoisotopic (exact) mass is 382 g/mol. The Bertz CT molecular complexity index is 740. The lowest BCUT2D eigenvalue weighted by Gasteiger charge is -2.24. The molecule has 2 unspecified atom stereocenters. The molecule has 27 heavy (non-hydrogen) atoms. The number of carbonyl (C=O) groups is 2. The van der Waals surface area contributed by atoms with E-state index in [-0.39, 0.29) is 18.1 Å². The number of nitrogens with zero attached hydrogens (tertiary/aromatic N) is 1. The number of benzene rings is 1.